The van der Waals surface area contributed by atoms with Gasteiger partial charge >= 0.3 is 0 Å². The van der Waals surface area contributed by atoms with Crippen LogP contribution in [0.5, 0.6) is 0 Å². The number of allylic oxidation sites excluding steroid dienone is 2. The van der Waals surface area contributed by atoms with E-state index in [0.717, 1.165) is 5.56 Å². The Morgan fingerprint density at radius 3 is 2.17 bits per heavy atom. The van der Waals surface area contributed by atoms with Gasteiger partial charge in [0.1, 0.15) is 0 Å². The van der Waals surface area contributed by atoms with Gasteiger partial charge in [-0.05, 0) is 47.7 Å². The predicted octanol–water partition coefficient (Wildman–Crippen LogP) is 7.46. The molecule has 0 spiro atoms. The first-order chi connectivity index (χ1) is 14.1. The van der Waals surface area contributed by atoms with Crippen LogP contribution in [0, 0.1) is 5.41 Å². The van der Waals surface area contributed by atoms with Gasteiger partial charge in [-0.1, -0.05) is 66.3 Å². The number of nitrogens with zero attached hydrogens (tertiary/aromatic N) is 1. The Balaban J connectivity index is 1.93. The highest BCUT2D eigenvalue weighted by molar-refractivity contribution is 6.37. The maximum absolute atomic E-state index is 13.4. The number of halogens is 4. The lowest BCUT2D eigenvalue weighted by Crippen LogP contribution is -2.43. The zero-order valence-corrected chi connectivity index (χ0v) is 19.5. The molecule has 0 radical (unpaired) electrons. The highest BCUT2D eigenvalue weighted by Crippen LogP contribution is 2.50. The summed E-state index contributed by atoms with van der Waals surface area (Å²) in [5, 5.41) is 1.79. The number of ketones is 1. The average molecular weight is 483 g/mol. The van der Waals surface area contributed by atoms with Crippen LogP contribution in [-0.2, 0) is 9.59 Å². The molecule has 0 N–H and O–H groups in total. The normalized spacial score (nSPS) is 21.1. The number of Topliss-reactive ketones (excluding diaryl/α,β-unsaturated/α-hetero) is 1. The van der Waals surface area contributed by atoms with Crippen LogP contribution in [0.25, 0.3) is 0 Å². The van der Waals surface area contributed by atoms with Crippen LogP contribution in [0.3, 0.4) is 0 Å². The minimum absolute atomic E-state index is 0.0276. The van der Waals surface area contributed by atoms with Crippen molar-refractivity contribution in [2.75, 3.05) is 4.90 Å². The fourth-order valence-electron chi connectivity index (χ4n) is 4.41. The molecule has 0 bridgehead atoms. The lowest BCUT2D eigenvalue weighted by molar-refractivity contribution is -0.121. The van der Waals surface area contributed by atoms with Gasteiger partial charge in [0.15, 0.2) is 5.78 Å². The Morgan fingerprint density at radius 1 is 0.900 bits per heavy atom. The third-order valence-corrected chi connectivity index (χ3v) is 6.73. The van der Waals surface area contributed by atoms with E-state index < -0.39 is 5.92 Å². The molecule has 7 heteroatoms. The van der Waals surface area contributed by atoms with E-state index >= 15 is 0 Å². The van der Waals surface area contributed by atoms with Gasteiger partial charge in [-0.25, -0.2) is 0 Å². The summed E-state index contributed by atoms with van der Waals surface area (Å²) in [7, 11) is 0. The van der Waals surface area contributed by atoms with E-state index in [0.29, 0.717) is 49.9 Å². The number of rotatable bonds is 2. The van der Waals surface area contributed by atoms with Crippen molar-refractivity contribution in [1.29, 1.82) is 0 Å². The van der Waals surface area contributed by atoms with Crippen LogP contribution >= 0.6 is 46.4 Å². The maximum atomic E-state index is 13.4. The van der Waals surface area contributed by atoms with E-state index in [9.17, 15) is 9.59 Å². The summed E-state index contributed by atoms with van der Waals surface area (Å²) < 4.78 is 0. The molecule has 1 atom stereocenters. The van der Waals surface area contributed by atoms with Crippen molar-refractivity contribution in [3.63, 3.8) is 0 Å². The summed E-state index contributed by atoms with van der Waals surface area (Å²) in [6.07, 6.45) is 1.09. The largest absolute Gasteiger partial charge is 0.294 e. The number of amides is 1. The molecule has 1 aliphatic carbocycles. The molecule has 1 heterocycles. The highest BCUT2D eigenvalue weighted by Gasteiger charge is 2.45. The van der Waals surface area contributed by atoms with Gasteiger partial charge in [0.05, 0.1) is 10.7 Å². The lowest BCUT2D eigenvalue weighted by Gasteiger charge is -2.43. The van der Waals surface area contributed by atoms with Crippen molar-refractivity contribution in [1.82, 2.24) is 0 Å². The molecule has 30 heavy (non-hydrogen) atoms. The van der Waals surface area contributed by atoms with Crippen molar-refractivity contribution in [2.24, 2.45) is 5.41 Å². The van der Waals surface area contributed by atoms with Crippen molar-refractivity contribution in [3.05, 3.63) is 73.3 Å². The molecule has 0 aromatic heterocycles. The summed E-state index contributed by atoms with van der Waals surface area (Å²) in [5.41, 5.74) is 2.30. The van der Waals surface area contributed by atoms with E-state index in [-0.39, 0.29) is 23.5 Å². The zero-order valence-electron chi connectivity index (χ0n) is 16.4. The molecule has 0 saturated carbocycles. The van der Waals surface area contributed by atoms with Gasteiger partial charge in [0, 0.05) is 45.1 Å². The molecule has 156 valence electrons. The second kappa shape index (κ2) is 7.87. The van der Waals surface area contributed by atoms with Crippen molar-refractivity contribution in [2.45, 2.75) is 39.0 Å². The van der Waals surface area contributed by atoms with Crippen molar-refractivity contribution in [3.8, 4) is 0 Å². The highest BCUT2D eigenvalue weighted by atomic mass is 35.5. The SMILES string of the molecule is CC1(C)CC(=O)C2=C(C1)N(c1ccc(Cl)cc1Cl)C(=O)CC2c1ccc(Cl)cc1Cl. The van der Waals surface area contributed by atoms with Gasteiger partial charge in [-0.15, -0.1) is 0 Å². The number of benzene rings is 2. The number of hydrogen-bond acceptors (Lipinski definition) is 2. The molecular weight excluding hydrogens is 464 g/mol. The molecule has 4 rings (SSSR count). The number of carbonyl (C=O) groups is 2. The first-order valence-corrected chi connectivity index (χ1v) is 11.1. The molecule has 0 fully saturated rings. The van der Waals surface area contributed by atoms with Crippen LogP contribution in [0.2, 0.25) is 20.1 Å². The standard InChI is InChI=1S/C23H19Cl4NO2/c1-23(2)10-19-22(20(29)11-23)15(14-5-3-12(24)7-16(14)26)9-21(30)28(19)18-6-4-13(25)8-17(18)27/h3-8,15H,9-11H2,1-2H3. The smallest absolute Gasteiger partial charge is 0.232 e. The Hall–Kier alpha value is -1.52. The Bertz CT molecular complexity index is 1110. The fraction of sp³-hybridized carbons (Fsp3) is 0.304. The number of hydrogen-bond donors (Lipinski definition) is 0. The van der Waals surface area contributed by atoms with Gasteiger partial charge in [0.25, 0.3) is 0 Å². The average Bonchev–Trinajstić information content (AvgIpc) is 2.61. The second-order valence-corrected chi connectivity index (χ2v) is 10.2. The van der Waals surface area contributed by atoms with E-state index in [1.165, 1.54) is 0 Å². The van der Waals surface area contributed by atoms with Crippen LogP contribution in [0.15, 0.2) is 47.7 Å². The molecular formula is C23H19Cl4NO2. The molecule has 3 nitrogen and oxygen atoms in total. The van der Waals surface area contributed by atoms with E-state index in [1.807, 2.05) is 13.8 Å². The molecule has 1 aliphatic heterocycles. The molecule has 2 aromatic rings. The van der Waals surface area contributed by atoms with Gasteiger partial charge < -0.3 is 0 Å². The van der Waals surface area contributed by atoms with Crippen LogP contribution in [-0.4, -0.2) is 11.7 Å². The molecule has 1 amide bonds. The lowest BCUT2D eigenvalue weighted by atomic mass is 9.69. The quantitative estimate of drug-likeness (QED) is 0.445. The fourth-order valence-corrected chi connectivity index (χ4v) is 5.44. The van der Waals surface area contributed by atoms with E-state index in [4.69, 9.17) is 46.4 Å². The summed E-state index contributed by atoms with van der Waals surface area (Å²) in [5.74, 6) is -0.525. The molecule has 1 unspecified atom stereocenters. The van der Waals surface area contributed by atoms with Crippen LogP contribution in [0.1, 0.15) is 44.6 Å². The molecule has 2 aliphatic rings. The van der Waals surface area contributed by atoms with E-state index in [1.54, 1.807) is 41.3 Å². The first kappa shape index (κ1) is 21.7. The summed E-state index contributed by atoms with van der Waals surface area (Å²) in [4.78, 5) is 28.3. The van der Waals surface area contributed by atoms with Crippen LogP contribution < -0.4 is 4.90 Å². The summed E-state index contributed by atoms with van der Waals surface area (Å²) >= 11 is 25.0. The van der Waals surface area contributed by atoms with Crippen molar-refractivity contribution >= 4 is 63.8 Å². The third-order valence-electron chi connectivity index (χ3n) is 5.63. The molecule has 0 saturated heterocycles. The van der Waals surface area contributed by atoms with E-state index in [2.05, 4.69) is 0 Å². The number of carbonyl (C=O) groups excluding carboxylic acids is 2. The minimum Gasteiger partial charge on any atom is -0.294 e. The Kier molecular flexibility index (Phi) is 5.69. The minimum atomic E-state index is -0.414. The first-order valence-electron chi connectivity index (χ1n) is 9.56. The van der Waals surface area contributed by atoms with Crippen LogP contribution in [0.4, 0.5) is 5.69 Å². The van der Waals surface area contributed by atoms with Gasteiger partial charge in [0.2, 0.25) is 5.91 Å². The van der Waals surface area contributed by atoms with Gasteiger partial charge in [-0.2, -0.15) is 0 Å². The predicted molar refractivity (Wildman–Crippen MR) is 123 cm³/mol. The summed E-state index contributed by atoms with van der Waals surface area (Å²) in [6, 6.07) is 10.2. The second-order valence-electron chi connectivity index (χ2n) is 8.55. The zero-order chi connectivity index (χ0) is 21.8. The monoisotopic (exact) mass is 481 g/mol. The Morgan fingerprint density at radius 2 is 1.53 bits per heavy atom. The topological polar surface area (TPSA) is 37.4 Å². The molecule has 2 aromatic carbocycles. The Labute approximate surface area is 195 Å². The third kappa shape index (κ3) is 3.89. The van der Waals surface area contributed by atoms with Crippen molar-refractivity contribution < 1.29 is 9.59 Å². The summed E-state index contributed by atoms with van der Waals surface area (Å²) in [6.45, 7) is 4.05. The number of anilines is 1. The maximum Gasteiger partial charge on any atom is 0.232 e. The van der Waals surface area contributed by atoms with Gasteiger partial charge in [-0.3, -0.25) is 14.5 Å².